The lowest BCUT2D eigenvalue weighted by molar-refractivity contribution is -0.117. The molecule has 0 amide bonds. The first-order chi connectivity index (χ1) is 12.3. The molecular weight excluding hydrogens is 322 g/mol. The molecular formula is C23H35NO2. The summed E-state index contributed by atoms with van der Waals surface area (Å²) < 4.78 is 5.49. The summed E-state index contributed by atoms with van der Waals surface area (Å²) in [6, 6.07) is 0. The Hall–Kier alpha value is -1.09. The monoisotopic (exact) mass is 357 g/mol. The third-order valence-corrected chi connectivity index (χ3v) is 8.90. The van der Waals surface area contributed by atoms with E-state index in [9.17, 15) is 4.79 Å². The minimum atomic E-state index is 0.0922. The Morgan fingerprint density at radius 3 is 2.73 bits per heavy atom. The predicted molar refractivity (Wildman–Crippen MR) is 104 cm³/mol. The molecule has 4 aliphatic carbocycles. The van der Waals surface area contributed by atoms with Crippen molar-refractivity contribution in [1.29, 1.82) is 0 Å². The van der Waals surface area contributed by atoms with Crippen LogP contribution in [-0.2, 0) is 9.53 Å². The van der Waals surface area contributed by atoms with Gasteiger partial charge in [-0.05, 0) is 78.1 Å². The number of carbonyl (C=O) groups is 1. The van der Waals surface area contributed by atoms with E-state index in [1.807, 2.05) is 7.11 Å². The molecule has 0 unspecified atom stereocenters. The lowest BCUT2D eigenvalue weighted by Gasteiger charge is -2.56. The smallest absolute Gasteiger partial charge is 0.178 e. The van der Waals surface area contributed by atoms with Gasteiger partial charge in [0.2, 0.25) is 0 Å². The molecule has 4 aliphatic rings. The van der Waals surface area contributed by atoms with Crippen LogP contribution in [0.4, 0.5) is 0 Å². The number of carbonyl (C=O) groups excluding carboxylic acids is 1. The summed E-state index contributed by atoms with van der Waals surface area (Å²) in [4.78, 5) is 12.1. The van der Waals surface area contributed by atoms with E-state index >= 15 is 0 Å². The molecule has 0 aromatic carbocycles. The summed E-state index contributed by atoms with van der Waals surface area (Å²) in [5.41, 5.74) is 8.43. The second-order valence-corrected chi connectivity index (χ2v) is 9.98. The average molecular weight is 358 g/mol. The quantitative estimate of drug-likeness (QED) is 0.810. The first-order valence-corrected chi connectivity index (χ1v) is 10.5. The molecule has 26 heavy (non-hydrogen) atoms. The summed E-state index contributed by atoms with van der Waals surface area (Å²) in [5, 5.41) is 0. The first kappa shape index (κ1) is 18.3. The van der Waals surface area contributed by atoms with Crippen LogP contribution in [0.15, 0.2) is 23.4 Å². The van der Waals surface area contributed by atoms with Crippen molar-refractivity contribution in [2.75, 3.05) is 13.7 Å². The lowest BCUT2D eigenvalue weighted by atomic mass is 9.48. The molecule has 144 valence electrons. The van der Waals surface area contributed by atoms with Gasteiger partial charge in [0.1, 0.15) is 0 Å². The Bertz CT molecular complexity index is 665. The summed E-state index contributed by atoms with van der Waals surface area (Å²) in [6.45, 7) is 8.18. The fraction of sp³-hybridized carbons (Fsp3) is 0.783. The van der Waals surface area contributed by atoms with Gasteiger partial charge < -0.3 is 10.5 Å². The van der Waals surface area contributed by atoms with Crippen molar-refractivity contribution in [2.24, 2.45) is 46.2 Å². The molecule has 0 heterocycles. The fourth-order valence-corrected chi connectivity index (χ4v) is 7.53. The Morgan fingerprint density at radius 2 is 2.00 bits per heavy atom. The zero-order chi connectivity index (χ0) is 18.7. The molecule has 2 N–H and O–H groups in total. The number of hydrogen-bond donors (Lipinski definition) is 1. The van der Waals surface area contributed by atoms with Gasteiger partial charge in [0.25, 0.3) is 0 Å². The summed E-state index contributed by atoms with van der Waals surface area (Å²) in [6.07, 6.45) is 11.5. The zero-order valence-electron chi connectivity index (χ0n) is 16.9. The van der Waals surface area contributed by atoms with Crippen molar-refractivity contribution in [1.82, 2.24) is 0 Å². The van der Waals surface area contributed by atoms with E-state index in [2.05, 4.69) is 32.9 Å². The highest BCUT2D eigenvalue weighted by Crippen LogP contribution is 2.66. The van der Waals surface area contributed by atoms with Gasteiger partial charge in [-0.15, -0.1) is 0 Å². The van der Waals surface area contributed by atoms with Gasteiger partial charge in [0.05, 0.1) is 5.70 Å². The van der Waals surface area contributed by atoms with Crippen LogP contribution in [-0.4, -0.2) is 19.5 Å². The zero-order valence-corrected chi connectivity index (χ0v) is 16.9. The van der Waals surface area contributed by atoms with Crippen LogP contribution in [0.1, 0.15) is 59.3 Å². The minimum Gasteiger partial charge on any atom is -0.396 e. The number of hydrogen-bond acceptors (Lipinski definition) is 3. The van der Waals surface area contributed by atoms with Gasteiger partial charge in [-0.2, -0.15) is 0 Å². The van der Waals surface area contributed by atoms with Crippen LogP contribution >= 0.6 is 0 Å². The molecule has 2 fully saturated rings. The Morgan fingerprint density at radius 1 is 1.23 bits per heavy atom. The van der Waals surface area contributed by atoms with Crippen LogP contribution in [0.5, 0.6) is 0 Å². The standard InChI is InChI=1S/C23H35NO2/c1-14(13-26-4)16-7-8-17-15-5-6-19-21(24)20(25)10-12-23(19,3)18(15)9-11-22(16,17)2/h5-6,14-18H,7-13,24H2,1-4H3/t14-,15+,16-,17+,18+,22-,23-/m1/s1. The topological polar surface area (TPSA) is 52.3 Å². The van der Waals surface area contributed by atoms with E-state index in [1.54, 1.807) is 0 Å². The number of ketones is 1. The molecule has 7 atom stereocenters. The average Bonchev–Trinajstić information content (AvgIpc) is 2.96. The maximum atomic E-state index is 12.1. The molecule has 0 aromatic heterocycles. The SMILES string of the molecule is COC[C@@H](C)[C@H]1CC[C@H]2[C@@H]3C=CC4=C(N)C(=O)CC[C@]4(C)[C@H]3CC[C@]12C. The maximum Gasteiger partial charge on any atom is 0.178 e. The van der Waals surface area contributed by atoms with Crippen LogP contribution in [0.2, 0.25) is 0 Å². The number of methoxy groups -OCH3 is 1. The third kappa shape index (κ3) is 2.38. The summed E-state index contributed by atoms with van der Waals surface area (Å²) >= 11 is 0. The molecule has 2 saturated carbocycles. The highest BCUT2D eigenvalue weighted by Gasteiger charge is 2.58. The molecule has 4 rings (SSSR count). The Labute approximate surface area is 158 Å². The van der Waals surface area contributed by atoms with Gasteiger partial charge in [-0.1, -0.05) is 32.9 Å². The van der Waals surface area contributed by atoms with Gasteiger partial charge in [0, 0.05) is 20.1 Å². The van der Waals surface area contributed by atoms with Gasteiger partial charge >= 0.3 is 0 Å². The molecule has 0 aliphatic heterocycles. The van der Waals surface area contributed by atoms with E-state index in [0.29, 0.717) is 35.3 Å². The number of rotatable bonds is 3. The Balaban J connectivity index is 1.68. The molecule has 3 nitrogen and oxygen atoms in total. The van der Waals surface area contributed by atoms with Crippen molar-refractivity contribution in [2.45, 2.75) is 59.3 Å². The van der Waals surface area contributed by atoms with Gasteiger partial charge in [-0.25, -0.2) is 0 Å². The first-order valence-electron chi connectivity index (χ1n) is 10.5. The van der Waals surface area contributed by atoms with Crippen LogP contribution < -0.4 is 5.73 Å². The highest BCUT2D eigenvalue weighted by molar-refractivity contribution is 5.97. The van der Waals surface area contributed by atoms with Gasteiger partial charge in [-0.3, -0.25) is 4.79 Å². The maximum absolute atomic E-state index is 12.1. The molecule has 0 saturated heterocycles. The highest BCUT2D eigenvalue weighted by atomic mass is 16.5. The van der Waals surface area contributed by atoms with Crippen molar-refractivity contribution in [3.05, 3.63) is 23.4 Å². The molecule has 0 bridgehead atoms. The molecule has 0 radical (unpaired) electrons. The minimum absolute atomic E-state index is 0.0922. The van der Waals surface area contributed by atoms with Crippen molar-refractivity contribution < 1.29 is 9.53 Å². The number of fused-ring (bicyclic) bond motifs is 5. The van der Waals surface area contributed by atoms with E-state index in [0.717, 1.165) is 30.4 Å². The van der Waals surface area contributed by atoms with Gasteiger partial charge in [0.15, 0.2) is 5.78 Å². The number of Topliss-reactive ketones (excluding diaryl/α,β-unsaturated/α-hetero) is 1. The second kappa shape index (κ2) is 6.22. The predicted octanol–water partition coefficient (Wildman–Crippen LogP) is 4.48. The van der Waals surface area contributed by atoms with E-state index < -0.39 is 0 Å². The lowest BCUT2D eigenvalue weighted by Crippen LogP contribution is -2.50. The summed E-state index contributed by atoms with van der Waals surface area (Å²) in [7, 11) is 1.83. The largest absolute Gasteiger partial charge is 0.396 e. The molecule has 0 spiro atoms. The van der Waals surface area contributed by atoms with Crippen LogP contribution in [0.3, 0.4) is 0 Å². The molecule has 0 aromatic rings. The van der Waals surface area contributed by atoms with E-state index in [4.69, 9.17) is 10.5 Å². The van der Waals surface area contributed by atoms with E-state index in [1.165, 1.54) is 25.7 Å². The number of allylic oxidation sites excluding steroid dienone is 4. The second-order valence-electron chi connectivity index (χ2n) is 9.98. The van der Waals surface area contributed by atoms with Crippen molar-refractivity contribution in [3.8, 4) is 0 Å². The normalized spacial score (nSPS) is 45.9. The van der Waals surface area contributed by atoms with Crippen molar-refractivity contribution in [3.63, 3.8) is 0 Å². The third-order valence-electron chi connectivity index (χ3n) is 8.90. The Kier molecular flexibility index (Phi) is 4.38. The fourth-order valence-electron chi connectivity index (χ4n) is 7.53. The van der Waals surface area contributed by atoms with Crippen molar-refractivity contribution >= 4 is 5.78 Å². The van der Waals surface area contributed by atoms with Crippen LogP contribution in [0.25, 0.3) is 0 Å². The van der Waals surface area contributed by atoms with E-state index in [-0.39, 0.29) is 11.2 Å². The molecule has 3 heteroatoms. The van der Waals surface area contributed by atoms with Crippen LogP contribution in [0, 0.1) is 40.4 Å². The number of nitrogens with two attached hydrogens (primary N) is 1. The number of ether oxygens (including phenoxy) is 1. The summed E-state index contributed by atoms with van der Waals surface area (Å²) in [5.74, 6) is 3.60.